The van der Waals surface area contributed by atoms with Crippen molar-refractivity contribution in [3.8, 4) is 0 Å². The van der Waals surface area contributed by atoms with Gasteiger partial charge in [0.2, 0.25) is 0 Å². The van der Waals surface area contributed by atoms with Gasteiger partial charge in [0, 0.05) is 23.9 Å². The van der Waals surface area contributed by atoms with Gasteiger partial charge < -0.3 is 39.4 Å². The molecule has 3 saturated carbocycles. The fraction of sp³-hybridized carbons (Fsp3) is 0.892. The van der Waals surface area contributed by atoms with Crippen molar-refractivity contribution < 1.29 is 39.4 Å². The second-order valence-electron chi connectivity index (χ2n) is 17.2. The summed E-state index contributed by atoms with van der Waals surface area (Å²) in [5, 5.41) is 41.1. The van der Waals surface area contributed by atoms with Crippen LogP contribution in [0.4, 0.5) is 0 Å². The monoisotopic (exact) mass is 632 g/mol. The van der Waals surface area contributed by atoms with Gasteiger partial charge in [0.05, 0.1) is 30.5 Å². The molecular formula is C37H60O8. The number of rotatable bonds is 8. The normalized spacial score (nSPS) is 51.2. The molecule has 5 fully saturated rings. The van der Waals surface area contributed by atoms with Gasteiger partial charge in [-0.15, -0.1) is 0 Å². The average molecular weight is 633 g/mol. The van der Waals surface area contributed by atoms with Crippen molar-refractivity contribution in [2.45, 2.75) is 141 Å². The van der Waals surface area contributed by atoms with Crippen molar-refractivity contribution in [3.63, 3.8) is 0 Å². The number of hydrogen-bond donors (Lipinski definition) is 4. The minimum absolute atomic E-state index is 0.0922. The zero-order valence-electron chi connectivity index (χ0n) is 28.9. The molecule has 4 N–H and O–H groups in total. The van der Waals surface area contributed by atoms with Crippen LogP contribution in [0.5, 0.6) is 0 Å². The number of aliphatic hydroxyl groups is 4. The molecule has 8 nitrogen and oxygen atoms in total. The lowest BCUT2D eigenvalue weighted by atomic mass is 9.38. The van der Waals surface area contributed by atoms with E-state index in [9.17, 15) is 20.4 Å². The van der Waals surface area contributed by atoms with Crippen LogP contribution in [0.2, 0.25) is 0 Å². The predicted molar refractivity (Wildman–Crippen MR) is 171 cm³/mol. The van der Waals surface area contributed by atoms with E-state index in [1.54, 1.807) is 7.11 Å². The Hall–Kier alpha value is -0.840. The van der Waals surface area contributed by atoms with E-state index < -0.39 is 48.3 Å². The quantitative estimate of drug-likeness (QED) is 0.283. The number of ether oxygens (including phenoxy) is 4. The van der Waals surface area contributed by atoms with Crippen LogP contribution >= 0.6 is 0 Å². The number of allylic oxidation sites excluding steroid dienone is 2. The molecule has 4 aliphatic carbocycles. The predicted octanol–water partition coefficient (Wildman–Crippen LogP) is 4.77. The molecule has 0 aromatic heterocycles. The summed E-state index contributed by atoms with van der Waals surface area (Å²) in [7, 11) is 1.77. The number of methoxy groups -OCH3 is 1. The lowest BCUT2D eigenvalue weighted by Gasteiger charge is -2.65. The summed E-state index contributed by atoms with van der Waals surface area (Å²) in [5.41, 5.74) is -0.609. The third-order valence-corrected chi connectivity index (χ3v) is 14.8. The summed E-state index contributed by atoms with van der Waals surface area (Å²) in [6.07, 6.45) is 10.5. The fourth-order valence-corrected chi connectivity index (χ4v) is 11.6. The van der Waals surface area contributed by atoms with Crippen molar-refractivity contribution in [2.75, 3.05) is 20.3 Å². The summed E-state index contributed by atoms with van der Waals surface area (Å²) in [4.78, 5) is 0. The van der Waals surface area contributed by atoms with Crippen LogP contribution in [0.15, 0.2) is 24.3 Å². The molecule has 2 bridgehead atoms. The van der Waals surface area contributed by atoms with Crippen molar-refractivity contribution in [1.29, 1.82) is 0 Å². The molecule has 0 aromatic rings. The topological polar surface area (TPSA) is 118 Å². The molecule has 1 spiro atoms. The van der Waals surface area contributed by atoms with Gasteiger partial charge >= 0.3 is 0 Å². The Bertz CT molecular complexity index is 1170. The molecule has 0 unspecified atom stereocenters. The number of aliphatic hydroxyl groups excluding tert-OH is 4. The van der Waals surface area contributed by atoms with E-state index in [2.05, 4.69) is 72.8 Å². The maximum atomic E-state index is 10.7. The lowest BCUT2D eigenvalue weighted by Crippen LogP contribution is -2.66. The maximum absolute atomic E-state index is 10.7. The van der Waals surface area contributed by atoms with Crippen molar-refractivity contribution in [3.05, 3.63) is 24.3 Å². The van der Waals surface area contributed by atoms with Gasteiger partial charge in [-0.25, -0.2) is 0 Å². The third-order valence-electron chi connectivity index (χ3n) is 14.8. The van der Waals surface area contributed by atoms with E-state index in [1.807, 2.05) is 0 Å². The first-order valence-corrected chi connectivity index (χ1v) is 17.6. The first-order chi connectivity index (χ1) is 21.0. The smallest absolute Gasteiger partial charge is 0.186 e. The molecule has 256 valence electrons. The molecule has 6 aliphatic rings. The van der Waals surface area contributed by atoms with Gasteiger partial charge in [0.25, 0.3) is 0 Å². The minimum atomic E-state index is -1.46. The summed E-state index contributed by atoms with van der Waals surface area (Å²) in [6.45, 7) is 16.6. The van der Waals surface area contributed by atoms with Crippen LogP contribution in [-0.4, -0.2) is 88.8 Å². The van der Waals surface area contributed by atoms with E-state index in [-0.39, 0.29) is 27.9 Å². The standard InChI is InChI=1S/C37H60O8/c1-22(10-9-15-32(2,3)42-8)23-13-16-35(7)25-14-17-37-26(36(25,21-43-37)19-18-34(23,35)6)11-12-27(33(37,4)5)45-31-30(41)29(40)28(39)24(20-38)44-31/h9,14-15,17,22-31,38-41H,10-13,16,18-21H2,1-8H3/t22-,23-,24-,25+,26+,27+,28-,29+,30-,31+,34-,35+,36-,37-/m1/s1. The van der Waals surface area contributed by atoms with Crippen LogP contribution in [0.25, 0.3) is 0 Å². The molecule has 0 amide bonds. The van der Waals surface area contributed by atoms with E-state index in [0.29, 0.717) is 23.7 Å². The van der Waals surface area contributed by atoms with E-state index in [0.717, 1.165) is 25.9 Å². The molecule has 8 heteroatoms. The highest BCUT2D eigenvalue weighted by atomic mass is 16.7. The zero-order valence-corrected chi connectivity index (χ0v) is 28.9. The van der Waals surface area contributed by atoms with Crippen molar-refractivity contribution in [2.24, 2.45) is 45.3 Å². The Morgan fingerprint density at radius 2 is 1.71 bits per heavy atom. The molecule has 2 heterocycles. The van der Waals surface area contributed by atoms with Crippen LogP contribution < -0.4 is 0 Å². The first-order valence-electron chi connectivity index (χ1n) is 17.6. The Labute approximate surface area is 270 Å². The molecule has 14 atom stereocenters. The summed E-state index contributed by atoms with van der Waals surface area (Å²) in [6, 6.07) is 0. The highest BCUT2D eigenvalue weighted by Crippen LogP contribution is 2.77. The molecule has 0 radical (unpaired) electrons. The SMILES string of the molecule is COC(C)(C)C=CC[C@@H](C)[C@H]1CC[C@@]2(C)[C@@H]3C=C[C@@]45OC[C@@]3(CC[C@]12C)[C@@H]4CC[C@H](O[C@@H]1O[C@H](CO)[C@@H](O)[C@H](O)[C@H]1O)C5(C)C. The summed E-state index contributed by atoms with van der Waals surface area (Å²) < 4.78 is 24.9. The fourth-order valence-electron chi connectivity index (χ4n) is 11.6. The second-order valence-corrected chi connectivity index (χ2v) is 17.2. The van der Waals surface area contributed by atoms with Gasteiger partial charge in [-0.3, -0.25) is 0 Å². The first kappa shape index (κ1) is 34.0. The van der Waals surface area contributed by atoms with Crippen molar-refractivity contribution >= 4 is 0 Å². The van der Waals surface area contributed by atoms with E-state index >= 15 is 0 Å². The molecule has 0 aromatic carbocycles. The Morgan fingerprint density at radius 1 is 0.978 bits per heavy atom. The van der Waals surface area contributed by atoms with Crippen LogP contribution in [0, 0.1) is 45.3 Å². The minimum Gasteiger partial charge on any atom is -0.394 e. The van der Waals surface area contributed by atoms with E-state index in [1.165, 1.54) is 25.7 Å². The largest absolute Gasteiger partial charge is 0.394 e. The molecule has 45 heavy (non-hydrogen) atoms. The highest BCUT2D eigenvalue weighted by Gasteiger charge is 2.75. The Kier molecular flexibility index (Phi) is 8.60. The molecule has 2 aliphatic heterocycles. The summed E-state index contributed by atoms with van der Waals surface area (Å²) >= 11 is 0. The lowest BCUT2D eigenvalue weighted by molar-refractivity contribution is -0.329. The van der Waals surface area contributed by atoms with Gasteiger partial charge in [0.15, 0.2) is 6.29 Å². The summed E-state index contributed by atoms with van der Waals surface area (Å²) in [5.74, 6) is 2.12. The number of hydrogen-bond acceptors (Lipinski definition) is 8. The van der Waals surface area contributed by atoms with Crippen LogP contribution in [-0.2, 0) is 18.9 Å². The maximum Gasteiger partial charge on any atom is 0.186 e. The second kappa shape index (κ2) is 11.4. The highest BCUT2D eigenvalue weighted by molar-refractivity contribution is 5.33. The third kappa shape index (κ3) is 4.74. The van der Waals surface area contributed by atoms with Gasteiger partial charge in [-0.05, 0) is 87.4 Å². The van der Waals surface area contributed by atoms with Crippen LogP contribution in [0.1, 0.15) is 93.4 Å². The van der Waals surface area contributed by atoms with Gasteiger partial charge in [-0.2, -0.15) is 0 Å². The van der Waals surface area contributed by atoms with Gasteiger partial charge in [0.1, 0.15) is 24.4 Å². The van der Waals surface area contributed by atoms with Gasteiger partial charge in [-0.1, -0.05) is 58.9 Å². The molecule has 6 rings (SSSR count). The molecular weight excluding hydrogens is 572 g/mol. The Balaban J connectivity index is 1.24. The average Bonchev–Trinajstić information content (AvgIpc) is 3.39. The van der Waals surface area contributed by atoms with Crippen molar-refractivity contribution in [1.82, 2.24) is 0 Å². The zero-order chi connectivity index (χ0) is 32.8. The van der Waals surface area contributed by atoms with Crippen LogP contribution in [0.3, 0.4) is 0 Å². The van der Waals surface area contributed by atoms with E-state index in [4.69, 9.17) is 18.9 Å². The Morgan fingerprint density at radius 3 is 2.40 bits per heavy atom. The molecule has 2 saturated heterocycles. The number of fused-ring (bicyclic) bond motifs is 2.